The van der Waals surface area contributed by atoms with Crippen molar-refractivity contribution in [2.45, 2.75) is 82.5 Å². The Balaban J connectivity index is 1.32. The second-order valence-corrected chi connectivity index (χ2v) is 10.7. The van der Waals surface area contributed by atoms with E-state index in [4.69, 9.17) is 0 Å². The van der Waals surface area contributed by atoms with Gasteiger partial charge in [0.2, 0.25) is 0 Å². The maximum absolute atomic E-state index is 14.2. The molecule has 0 aromatic heterocycles. The molecule has 0 N–H and O–H groups in total. The zero-order valence-electron chi connectivity index (χ0n) is 20.7. The highest BCUT2D eigenvalue weighted by Crippen LogP contribution is 2.49. The number of Topliss-reactive ketones (excluding diaryl/α,β-unsaturated/α-hetero) is 1. The quantitative estimate of drug-likeness (QED) is 0.230. The van der Waals surface area contributed by atoms with Gasteiger partial charge in [-0.15, -0.1) is 6.58 Å². The van der Waals surface area contributed by atoms with E-state index in [1.807, 2.05) is 12.1 Å². The third-order valence-electron chi connectivity index (χ3n) is 8.44. The molecule has 188 valence electrons. The van der Waals surface area contributed by atoms with Gasteiger partial charge in [-0.05, 0) is 85.8 Å². The highest BCUT2D eigenvalue weighted by atomic mass is 19.3. The van der Waals surface area contributed by atoms with Crippen LogP contribution in [0.2, 0.25) is 0 Å². The van der Waals surface area contributed by atoms with Crippen LogP contribution in [0.25, 0.3) is 0 Å². The average molecular weight is 483 g/mol. The molecule has 0 bridgehead atoms. The van der Waals surface area contributed by atoms with Crippen LogP contribution in [0, 0.1) is 23.6 Å². The molecule has 0 spiro atoms. The van der Waals surface area contributed by atoms with Gasteiger partial charge in [0, 0.05) is 24.3 Å². The standard InChI is InChI=1S/C31H37F3O/c1-3-20-31(33,34)21(2)22-8-16-26(17-9-22)30(35)19-18-27(23-10-11-23)24-12-14-25(15-13-24)28-6-4-5-7-29(28)32/h3-9,16-17,21,23-25,27H,1,10-15,18-20H2,2H3/t21-,24?,25?,27?/m1/s1. The van der Waals surface area contributed by atoms with Crippen LogP contribution in [0.3, 0.4) is 0 Å². The molecule has 35 heavy (non-hydrogen) atoms. The predicted molar refractivity (Wildman–Crippen MR) is 135 cm³/mol. The maximum Gasteiger partial charge on any atom is 0.257 e. The summed E-state index contributed by atoms with van der Waals surface area (Å²) in [7, 11) is 0. The third-order valence-corrected chi connectivity index (χ3v) is 8.44. The van der Waals surface area contributed by atoms with Gasteiger partial charge in [0.15, 0.2) is 5.78 Å². The monoisotopic (exact) mass is 482 g/mol. The van der Waals surface area contributed by atoms with Gasteiger partial charge in [0.1, 0.15) is 5.82 Å². The highest BCUT2D eigenvalue weighted by Gasteiger charge is 2.39. The Morgan fingerprint density at radius 3 is 2.17 bits per heavy atom. The summed E-state index contributed by atoms with van der Waals surface area (Å²) in [6.45, 7) is 4.94. The zero-order valence-corrected chi connectivity index (χ0v) is 20.7. The lowest BCUT2D eigenvalue weighted by atomic mass is 9.71. The first-order valence-corrected chi connectivity index (χ1v) is 13.2. The van der Waals surface area contributed by atoms with Crippen molar-refractivity contribution in [2.24, 2.45) is 17.8 Å². The minimum absolute atomic E-state index is 0.0905. The predicted octanol–water partition coefficient (Wildman–Crippen LogP) is 9.10. The molecule has 2 aliphatic rings. The van der Waals surface area contributed by atoms with Crippen molar-refractivity contribution in [1.29, 1.82) is 0 Å². The van der Waals surface area contributed by atoms with E-state index in [0.717, 1.165) is 37.7 Å². The normalized spacial score (nSPS) is 22.4. The Morgan fingerprint density at radius 1 is 1.00 bits per heavy atom. The lowest BCUT2D eigenvalue weighted by Crippen LogP contribution is -2.24. The summed E-state index contributed by atoms with van der Waals surface area (Å²) in [5, 5.41) is 0. The first-order chi connectivity index (χ1) is 16.8. The van der Waals surface area contributed by atoms with E-state index in [2.05, 4.69) is 6.58 Å². The highest BCUT2D eigenvalue weighted by molar-refractivity contribution is 5.96. The van der Waals surface area contributed by atoms with E-state index in [-0.39, 0.29) is 18.0 Å². The molecule has 0 heterocycles. The van der Waals surface area contributed by atoms with E-state index in [0.29, 0.717) is 41.2 Å². The first kappa shape index (κ1) is 25.7. The number of carbonyl (C=O) groups excluding carboxylic acids is 1. The fourth-order valence-electron chi connectivity index (χ4n) is 6.06. The summed E-state index contributed by atoms with van der Waals surface area (Å²) < 4.78 is 42.7. The molecule has 2 fully saturated rings. The van der Waals surface area contributed by atoms with Gasteiger partial charge in [-0.2, -0.15) is 0 Å². The second kappa shape index (κ2) is 11.1. The largest absolute Gasteiger partial charge is 0.294 e. The molecule has 2 aromatic carbocycles. The number of hydrogen-bond acceptors (Lipinski definition) is 1. The number of halogens is 3. The van der Waals surface area contributed by atoms with Gasteiger partial charge in [-0.1, -0.05) is 55.5 Å². The molecule has 4 heteroatoms. The molecule has 1 nitrogen and oxygen atoms in total. The van der Waals surface area contributed by atoms with Crippen LogP contribution in [-0.2, 0) is 0 Å². The summed E-state index contributed by atoms with van der Waals surface area (Å²) in [5.74, 6) is -1.61. The molecule has 2 saturated carbocycles. The van der Waals surface area contributed by atoms with Gasteiger partial charge in [0.25, 0.3) is 5.92 Å². The van der Waals surface area contributed by atoms with Crippen LogP contribution in [-0.4, -0.2) is 11.7 Å². The number of alkyl halides is 2. The Hall–Kier alpha value is -2.36. The molecule has 0 amide bonds. The molecule has 2 aliphatic carbocycles. The summed E-state index contributed by atoms with van der Waals surface area (Å²) in [6.07, 6.45) is 8.98. The first-order valence-electron chi connectivity index (χ1n) is 13.2. The van der Waals surface area contributed by atoms with Crippen LogP contribution in [0.4, 0.5) is 13.2 Å². The SMILES string of the molecule is C=CCC(F)(F)[C@H](C)c1ccc(C(=O)CCC(C2CCC(c3ccccc3F)CC2)C2CC2)cc1. The number of ketones is 1. The lowest BCUT2D eigenvalue weighted by molar-refractivity contribution is -0.0191. The molecule has 4 rings (SSSR count). The number of rotatable bonds is 11. The number of benzene rings is 2. The van der Waals surface area contributed by atoms with Gasteiger partial charge >= 0.3 is 0 Å². The molecule has 0 radical (unpaired) electrons. The number of hydrogen-bond donors (Lipinski definition) is 0. The van der Waals surface area contributed by atoms with Crippen LogP contribution in [0.15, 0.2) is 61.2 Å². The molecular weight excluding hydrogens is 445 g/mol. The van der Waals surface area contributed by atoms with Gasteiger partial charge in [-0.3, -0.25) is 4.79 Å². The Kier molecular flexibility index (Phi) is 8.19. The Labute approximate surface area is 207 Å². The fourth-order valence-corrected chi connectivity index (χ4v) is 6.06. The van der Waals surface area contributed by atoms with Crippen molar-refractivity contribution in [2.75, 3.05) is 0 Å². The molecule has 0 aliphatic heterocycles. The second-order valence-electron chi connectivity index (χ2n) is 10.7. The van der Waals surface area contributed by atoms with Crippen molar-refractivity contribution in [3.8, 4) is 0 Å². The number of carbonyl (C=O) groups is 1. The van der Waals surface area contributed by atoms with E-state index < -0.39 is 11.8 Å². The molecule has 1 unspecified atom stereocenters. The average Bonchev–Trinajstić information content (AvgIpc) is 3.70. The smallest absolute Gasteiger partial charge is 0.257 e. The van der Waals surface area contributed by atoms with Crippen LogP contribution in [0.5, 0.6) is 0 Å². The van der Waals surface area contributed by atoms with E-state index in [1.54, 1.807) is 36.4 Å². The number of allylic oxidation sites excluding steroid dienone is 1. The van der Waals surface area contributed by atoms with Crippen molar-refractivity contribution in [3.05, 3.63) is 83.7 Å². The van der Waals surface area contributed by atoms with E-state index >= 15 is 0 Å². The van der Waals surface area contributed by atoms with E-state index in [9.17, 15) is 18.0 Å². The topological polar surface area (TPSA) is 17.1 Å². The van der Waals surface area contributed by atoms with E-state index in [1.165, 1.54) is 25.8 Å². The van der Waals surface area contributed by atoms with Crippen molar-refractivity contribution < 1.29 is 18.0 Å². The summed E-state index contributed by atoms with van der Waals surface area (Å²) in [6, 6.07) is 13.9. The van der Waals surface area contributed by atoms with Crippen LogP contribution >= 0.6 is 0 Å². The van der Waals surface area contributed by atoms with Crippen molar-refractivity contribution in [1.82, 2.24) is 0 Å². The summed E-state index contributed by atoms with van der Waals surface area (Å²) in [4.78, 5) is 12.9. The van der Waals surface area contributed by atoms with Crippen molar-refractivity contribution >= 4 is 5.78 Å². The molecular formula is C31H37F3O. The van der Waals surface area contributed by atoms with Crippen LogP contribution < -0.4 is 0 Å². The Morgan fingerprint density at radius 2 is 1.60 bits per heavy atom. The lowest BCUT2D eigenvalue weighted by Gasteiger charge is -2.34. The van der Waals surface area contributed by atoms with Gasteiger partial charge in [-0.25, -0.2) is 13.2 Å². The third kappa shape index (κ3) is 6.26. The van der Waals surface area contributed by atoms with Crippen molar-refractivity contribution in [3.63, 3.8) is 0 Å². The van der Waals surface area contributed by atoms with Crippen LogP contribution in [0.1, 0.15) is 98.0 Å². The van der Waals surface area contributed by atoms with Gasteiger partial charge in [0.05, 0.1) is 0 Å². The molecule has 2 atom stereocenters. The minimum Gasteiger partial charge on any atom is -0.294 e. The molecule has 2 aromatic rings. The van der Waals surface area contributed by atoms with Gasteiger partial charge < -0.3 is 0 Å². The molecule has 0 saturated heterocycles. The summed E-state index contributed by atoms with van der Waals surface area (Å²) in [5.41, 5.74) is 1.99. The summed E-state index contributed by atoms with van der Waals surface area (Å²) >= 11 is 0. The zero-order chi connectivity index (χ0) is 25.0. The fraction of sp³-hybridized carbons (Fsp3) is 0.516. The maximum atomic E-state index is 14.2. The Bertz CT molecular complexity index is 1000. The minimum atomic E-state index is -2.85.